The van der Waals surface area contributed by atoms with Crippen molar-refractivity contribution < 1.29 is 9.50 Å². The molecule has 120 valence electrons. The predicted molar refractivity (Wildman–Crippen MR) is 87.3 cm³/mol. The van der Waals surface area contributed by atoms with E-state index in [9.17, 15) is 9.50 Å². The van der Waals surface area contributed by atoms with Crippen molar-refractivity contribution in [3.05, 3.63) is 35.6 Å². The van der Waals surface area contributed by atoms with E-state index in [-0.39, 0.29) is 29.8 Å². The zero-order chi connectivity index (χ0) is 14.6. The molecule has 1 aliphatic heterocycles. The van der Waals surface area contributed by atoms with Crippen molar-refractivity contribution in [3.8, 4) is 0 Å². The fraction of sp³-hybridized carbons (Fsp3) is 0.647. The highest BCUT2D eigenvalue weighted by Gasteiger charge is 2.39. The van der Waals surface area contributed by atoms with Crippen LogP contribution in [0.5, 0.6) is 0 Å². The quantitative estimate of drug-likeness (QED) is 0.817. The van der Waals surface area contributed by atoms with Crippen molar-refractivity contribution in [2.24, 2.45) is 0 Å². The Bertz CT molecular complexity index is 435. The number of hydrogen-bond acceptors (Lipinski definition) is 2. The molecule has 1 fully saturated rings. The molecule has 0 bridgehead atoms. The van der Waals surface area contributed by atoms with Crippen LogP contribution in [0, 0.1) is 5.82 Å². The van der Waals surface area contributed by atoms with Gasteiger partial charge < -0.3 is 10.4 Å². The molecule has 2 rings (SSSR count). The summed E-state index contributed by atoms with van der Waals surface area (Å²) in [6.07, 6.45) is 6.02. The summed E-state index contributed by atoms with van der Waals surface area (Å²) in [5.74, 6) is -0.284. The lowest BCUT2D eigenvalue weighted by atomic mass is 9.87. The van der Waals surface area contributed by atoms with E-state index < -0.39 is 6.10 Å². The van der Waals surface area contributed by atoms with Crippen LogP contribution >= 0.6 is 12.4 Å². The highest BCUT2D eigenvalue weighted by Crippen LogP contribution is 2.36. The van der Waals surface area contributed by atoms with Crippen molar-refractivity contribution >= 4 is 12.4 Å². The summed E-state index contributed by atoms with van der Waals surface area (Å²) in [7, 11) is 0. The van der Waals surface area contributed by atoms with Gasteiger partial charge in [0, 0.05) is 11.6 Å². The van der Waals surface area contributed by atoms with Gasteiger partial charge in [0.25, 0.3) is 0 Å². The monoisotopic (exact) mass is 315 g/mol. The molecular weight excluding hydrogens is 289 g/mol. The molecule has 21 heavy (non-hydrogen) atoms. The minimum absolute atomic E-state index is 0. The highest BCUT2D eigenvalue weighted by atomic mass is 35.5. The van der Waals surface area contributed by atoms with Gasteiger partial charge in [0.15, 0.2) is 0 Å². The Hall–Kier alpha value is -0.640. The number of benzene rings is 1. The molecule has 1 aromatic rings. The minimum atomic E-state index is -0.624. The summed E-state index contributed by atoms with van der Waals surface area (Å²) in [5.41, 5.74) is 0.842. The van der Waals surface area contributed by atoms with E-state index in [1.807, 2.05) is 0 Å². The van der Waals surface area contributed by atoms with Gasteiger partial charge >= 0.3 is 0 Å². The van der Waals surface area contributed by atoms with Crippen LogP contribution in [0.1, 0.15) is 64.0 Å². The first kappa shape index (κ1) is 18.4. The number of halogens is 2. The third-order valence-electron chi connectivity index (χ3n) is 4.45. The molecule has 1 aliphatic rings. The maximum Gasteiger partial charge on any atom is 0.123 e. The van der Waals surface area contributed by atoms with Gasteiger partial charge in [-0.1, -0.05) is 38.8 Å². The smallest absolute Gasteiger partial charge is 0.123 e. The van der Waals surface area contributed by atoms with E-state index in [1.54, 1.807) is 12.1 Å². The molecule has 1 saturated heterocycles. The molecule has 0 radical (unpaired) electrons. The normalized spacial score (nSPS) is 21.8. The number of nitrogens with one attached hydrogen (secondary N) is 1. The second-order valence-electron chi connectivity index (χ2n) is 6.07. The van der Waals surface area contributed by atoms with Gasteiger partial charge in [-0.05, 0) is 43.4 Å². The van der Waals surface area contributed by atoms with Crippen LogP contribution in [0.3, 0.4) is 0 Å². The molecule has 0 aromatic heterocycles. The van der Waals surface area contributed by atoms with Crippen molar-refractivity contribution in [3.63, 3.8) is 0 Å². The van der Waals surface area contributed by atoms with Gasteiger partial charge in [-0.25, -0.2) is 4.39 Å². The second kappa shape index (κ2) is 8.11. The molecule has 2 atom stereocenters. The van der Waals surface area contributed by atoms with E-state index in [4.69, 9.17) is 0 Å². The van der Waals surface area contributed by atoms with E-state index in [1.165, 1.54) is 12.1 Å². The molecule has 2 nitrogen and oxygen atoms in total. The molecular formula is C17H27ClFNO. The standard InChI is InChI=1S/C17H26FNO.ClH/c1-3-9-17(10-4-2)11-8-15(19-17)16(20)13-6-5-7-14(18)12-13;/h5-7,12,15-16,19-20H,3-4,8-11H2,1-2H3;1H/t15-,16+;/m1./s1. The lowest BCUT2D eigenvalue weighted by molar-refractivity contribution is 0.126. The van der Waals surface area contributed by atoms with E-state index in [2.05, 4.69) is 19.2 Å². The Morgan fingerprint density at radius 3 is 2.57 bits per heavy atom. The molecule has 0 aliphatic carbocycles. The van der Waals surface area contributed by atoms with Gasteiger partial charge in [-0.15, -0.1) is 12.4 Å². The van der Waals surface area contributed by atoms with Crippen LogP contribution in [0.2, 0.25) is 0 Å². The molecule has 4 heteroatoms. The predicted octanol–water partition coefficient (Wildman–Crippen LogP) is 4.37. The third kappa shape index (κ3) is 4.41. The van der Waals surface area contributed by atoms with Gasteiger partial charge in [0.2, 0.25) is 0 Å². The zero-order valence-corrected chi connectivity index (χ0v) is 13.8. The van der Waals surface area contributed by atoms with Crippen LogP contribution in [0.25, 0.3) is 0 Å². The molecule has 0 spiro atoms. The minimum Gasteiger partial charge on any atom is -0.387 e. The average Bonchev–Trinajstić information content (AvgIpc) is 2.83. The Balaban J connectivity index is 0.00000220. The molecule has 1 aromatic carbocycles. The Morgan fingerprint density at radius 2 is 2.00 bits per heavy atom. The lowest BCUT2D eigenvalue weighted by Crippen LogP contribution is -2.44. The molecule has 1 heterocycles. The van der Waals surface area contributed by atoms with Gasteiger partial charge in [-0.2, -0.15) is 0 Å². The molecule has 0 unspecified atom stereocenters. The van der Waals surface area contributed by atoms with Gasteiger partial charge in [0.1, 0.15) is 5.82 Å². The van der Waals surface area contributed by atoms with E-state index in [0.29, 0.717) is 5.56 Å². The average molecular weight is 316 g/mol. The third-order valence-corrected chi connectivity index (χ3v) is 4.45. The molecule has 0 amide bonds. The number of rotatable bonds is 6. The fourth-order valence-corrected chi connectivity index (χ4v) is 3.61. The molecule has 0 saturated carbocycles. The van der Waals surface area contributed by atoms with Crippen molar-refractivity contribution in [2.75, 3.05) is 0 Å². The van der Waals surface area contributed by atoms with Crippen LogP contribution in [-0.4, -0.2) is 16.7 Å². The summed E-state index contributed by atoms with van der Waals surface area (Å²) < 4.78 is 13.3. The first-order chi connectivity index (χ1) is 9.60. The van der Waals surface area contributed by atoms with Gasteiger partial charge in [0.05, 0.1) is 6.10 Å². The van der Waals surface area contributed by atoms with Crippen LogP contribution in [0.15, 0.2) is 24.3 Å². The largest absolute Gasteiger partial charge is 0.387 e. The van der Waals surface area contributed by atoms with Crippen molar-refractivity contribution in [1.82, 2.24) is 5.32 Å². The topological polar surface area (TPSA) is 32.3 Å². The van der Waals surface area contributed by atoms with Gasteiger partial charge in [-0.3, -0.25) is 0 Å². The summed E-state index contributed by atoms with van der Waals surface area (Å²) in [6, 6.07) is 6.35. The number of aliphatic hydroxyl groups excluding tert-OH is 1. The second-order valence-corrected chi connectivity index (χ2v) is 6.07. The van der Waals surface area contributed by atoms with Crippen LogP contribution in [0.4, 0.5) is 4.39 Å². The Kier molecular flexibility index (Phi) is 7.11. The number of hydrogen-bond donors (Lipinski definition) is 2. The maximum absolute atomic E-state index is 13.3. The Morgan fingerprint density at radius 1 is 1.33 bits per heavy atom. The van der Waals surface area contributed by atoms with Crippen molar-refractivity contribution in [1.29, 1.82) is 0 Å². The summed E-state index contributed by atoms with van der Waals surface area (Å²) in [6.45, 7) is 4.41. The van der Waals surface area contributed by atoms with E-state index in [0.717, 1.165) is 38.5 Å². The fourth-order valence-electron chi connectivity index (χ4n) is 3.61. The maximum atomic E-state index is 13.3. The first-order valence-electron chi connectivity index (χ1n) is 7.81. The van der Waals surface area contributed by atoms with Crippen LogP contribution < -0.4 is 5.32 Å². The van der Waals surface area contributed by atoms with Crippen LogP contribution in [-0.2, 0) is 0 Å². The first-order valence-corrected chi connectivity index (χ1v) is 7.81. The zero-order valence-electron chi connectivity index (χ0n) is 12.9. The van der Waals surface area contributed by atoms with E-state index >= 15 is 0 Å². The Labute approximate surface area is 133 Å². The summed E-state index contributed by atoms with van der Waals surface area (Å²) in [5, 5.41) is 14.1. The SMILES string of the molecule is CCCC1(CCC)CC[C@H]([C@@H](O)c2cccc(F)c2)N1.Cl. The highest BCUT2D eigenvalue weighted by molar-refractivity contribution is 5.85. The number of aliphatic hydroxyl groups is 1. The lowest BCUT2D eigenvalue weighted by Gasteiger charge is -2.31. The summed E-state index contributed by atoms with van der Waals surface area (Å²) in [4.78, 5) is 0. The van der Waals surface area contributed by atoms with Crippen molar-refractivity contribution in [2.45, 2.75) is 70.1 Å². The molecule has 2 N–H and O–H groups in total. The summed E-state index contributed by atoms with van der Waals surface area (Å²) >= 11 is 0.